The molecule has 2 aliphatic heterocycles. The number of amides is 2. The highest BCUT2D eigenvalue weighted by molar-refractivity contribution is 8.23. The molecule has 0 aromatic heterocycles. The van der Waals surface area contributed by atoms with Crippen molar-refractivity contribution in [2.24, 2.45) is 0 Å². The number of nitrogens with zero attached hydrogens (tertiary/aromatic N) is 2. The Morgan fingerprint density at radius 2 is 1.27 bits per heavy atom. The van der Waals surface area contributed by atoms with Crippen LogP contribution in [0.15, 0.2) is 12.1 Å². The number of thioether (sulfide) groups is 2. The van der Waals surface area contributed by atoms with Gasteiger partial charge in [0.1, 0.15) is 8.64 Å². The van der Waals surface area contributed by atoms with Gasteiger partial charge in [0.05, 0.1) is 25.3 Å². The maximum Gasteiger partial charge on any atom is 0.263 e. The van der Waals surface area contributed by atoms with E-state index in [1.54, 1.807) is 12.1 Å². The molecular formula is C16H16N2O4S4. The molecule has 26 heavy (non-hydrogen) atoms. The lowest BCUT2D eigenvalue weighted by Crippen LogP contribution is -2.32. The van der Waals surface area contributed by atoms with Gasteiger partial charge in [0.25, 0.3) is 11.8 Å². The highest BCUT2D eigenvalue weighted by atomic mass is 32.2. The number of rotatable bonds is 4. The molecule has 0 radical (unpaired) electrons. The van der Waals surface area contributed by atoms with E-state index in [1.165, 1.54) is 47.5 Å². The van der Waals surface area contributed by atoms with Crippen molar-refractivity contribution in [2.75, 3.05) is 38.8 Å². The van der Waals surface area contributed by atoms with Crippen molar-refractivity contribution in [3.8, 4) is 11.5 Å². The van der Waals surface area contributed by atoms with E-state index in [0.717, 1.165) is 11.5 Å². The van der Waals surface area contributed by atoms with Crippen LogP contribution >= 0.6 is 48.0 Å². The zero-order chi connectivity index (χ0) is 18.8. The first-order valence-corrected chi connectivity index (χ1v) is 10.5. The van der Waals surface area contributed by atoms with E-state index >= 15 is 0 Å². The molecule has 1 aromatic rings. The van der Waals surface area contributed by atoms with Crippen molar-refractivity contribution in [2.45, 2.75) is 0 Å². The van der Waals surface area contributed by atoms with Crippen LogP contribution < -0.4 is 9.47 Å². The summed E-state index contributed by atoms with van der Waals surface area (Å²) < 4.78 is 11.9. The van der Waals surface area contributed by atoms with Crippen LogP contribution in [0.1, 0.15) is 20.7 Å². The fourth-order valence-corrected chi connectivity index (χ4v) is 5.16. The monoisotopic (exact) mass is 428 g/mol. The molecule has 0 saturated carbocycles. The number of carbonyl (C=O) groups is 2. The number of carbonyl (C=O) groups excluding carboxylic acids is 2. The molecule has 3 rings (SSSR count). The highest BCUT2D eigenvalue weighted by Crippen LogP contribution is 2.37. The molecule has 10 heteroatoms. The second-order valence-corrected chi connectivity index (χ2v) is 8.83. The minimum absolute atomic E-state index is 0.223. The second-order valence-electron chi connectivity index (χ2n) is 5.37. The summed E-state index contributed by atoms with van der Waals surface area (Å²) in [5.41, 5.74) is 0.619. The normalized spacial score (nSPS) is 17.0. The van der Waals surface area contributed by atoms with Crippen LogP contribution in [0.4, 0.5) is 0 Å². The number of hydrogen-bond acceptors (Lipinski definition) is 8. The molecule has 0 spiro atoms. The molecule has 0 unspecified atom stereocenters. The van der Waals surface area contributed by atoms with Crippen LogP contribution in [0.25, 0.3) is 0 Å². The van der Waals surface area contributed by atoms with Gasteiger partial charge in [0, 0.05) is 24.6 Å². The molecule has 6 nitrogen and oxygen atoms in total. The standard InChI is InChI=1S/C16H16N2O4S4/c1-21-11-9(13(19)17-5-7-25-15(17)23)3-4-10(12(11)22-2)14(20)18-6-8-26-16(18)24/h3-4H,5-8H2,1-2H3. The second kappa shape index (κ2) is 8.12. The van der Waals surface area contributed by atoms with Gasteiger partial charge in [-0.15, -0.1) is 0 Å². The van der Waals surface area contributed by atoms with E-state index in [-0.39, 0.29) is 23.3 Å². The smallest absolute Gasteiger partial charge is 0.263 e. The van der Waals surface area contributed by atoms with Crippen LogP contribution in [0.5, 0.6) is 11.5 Å². The molecular weight excluding hydrogens is 412 g/mol. The fourth-order valence-electron chi connectivity index (χ4n) is 2.75. The third-order valence-corrected chi connectivity index (χ3v) is 6.85. The molecule has 1 aromatic carbocycles. The third kappa shape index (κ3) is 3.42. The molecule has 2 aliphatic rings. The first-order chi connectivity index (χ1) is 12.5. The van der Waals surface area contributed by atoms with Crippen molar-refractivity contribution >= 4 is 68.4 Å². The van der Waals surface area contributed by atoms with Crippen molar-refractivity contribution < 1.29 is 19.1 Å². The van der Waals surface area contributed by atoms with Crippen molar-refractivity contribution in [3.05, 3.63) is 23.3 Å². The topological polar surface area (TPSA) is 59.1 Å². The Labute approximate surface area is 170 Å². The van der Waals surface area contributed by atoms with E-state index in [2.05, 4.69) is 0 Å². The molecule has 0 aliphatic carbocycles. The molecule has 0 N–H and O–H groups in total. The predicted molar refractivity (Wildman–Crippen MR) is 112 cm³/mol. The van der Waals surface area contributed by atoms with Crippen LogP contribution in [0.2, 0.25) is 0 Å². The summed E-state index contributed by atoms with van der Waals surface area (Å²) in [5, 5.41) is 0. The summed E-state index contributed by atoms with van der Waals surface area (Å²) in [6.45, 7) is 1.10. The highest BCUT2D eigenvalue weighted by Gasteiger charge is 2.33. The summed E-state index contributed by atoms with van der Waals surface area (Å²) in [4.78, 5) is 28.8. The average Bonchev–Trinajstić information content (AvgIpc) is 3.27. The van der Waals surface area contributed by atoms with E-state index in [0.29, 0.717) is 32.9 Å². The fraction of sp³-hybridized carbons (Fsp3) is 0.375. The Morgan fingerprint density at radius 1 is 0.885 bits per heavy atom. The van der Waals surface area contributed by atoms with Crippen LogP contribution in [0.3, 0.4) is 0 Å². The summed E-state index contributed by atoms with van der Waals surface area (Å²) in [6, 6.07) is 3.16. The minimum atomic E-state index is -0.263. The molecule has 0 bridgehead atoms. The van der Waals surface area contributed by atoms with Gasteiger partial charge in [-0.05, 0) is 12.1 Å². The Morgan fingerprint density at radius 3 is 1.54 bits per heavy atom. The van der Waals surface area contributed by atoms with Gasteiger partial charge in [-0.1, -0.05) is 48.0 Å². The van der Waals surface area contributed by atoms with Crippen molar-refractivity contribution in [1.29, 1.82) is 0 Å². The van der Waals surface area contributed by atoms with Gasteiger partial charge in [-0.25, -0.2) is 0 Å². The number of hydrogen-bond donors (Lipinski definition) is 0. The van der Waals surface area contributed by atoms with E-state index < -0.39 is 0 Å². The van der Waals surface area contributed by atoms with Gasteiger partial charge in [0.15, 0.2) is 11.5 Å². The Balaban J connectivity index is 2.01. The van der Waals surface area contributed by atoms with E-state index in [1.807, 2.05) is 0 Å². The van der Waals surface area contributed by atoms with E-state index in [9.17, 15) is 9.59 Å². The van der Waals surface area contributed by atoms with Crippen LogP contribution in [-0.2, 0) is 0 Å². The lowest BCUT2D eigenvalue weighted by Gasteiger charge is -2.21. The molecule has 0 atom stereocenters. The number of benzene rings is 1. The zero-order valence-electron chi connectivity index (χ0n) is 14.1. The summed E-state index contributed by atoms with van der Waals surface area (Å²) in [6.07, 6.45) is 0. The van der Waals surface area contributed by atoms with Crippen molar-refractivity contribution in [1.82, 2.24) is 9.80 Å². The number of thiocarbonyl (C=S) groups is 2. The molecule has 2 heterocycles. The quantitative estimate of drug-likeness (QED) is 0.679. The Bertz CT molecular complexity index is 734. The van der Waals surface area contributed by atoms with E-state index in [4.69, 9.17) is 33.9 Å². The van der Waals surface area contributed by atoms with Gasteiger partial charge < -0.3 is 9.47 Å². The molecule has 2 saturated heterocycles. The SMILES string of the molecule is COc1c(C(=O)N2CCSC2=S)ccc(C(=O)N2CCSC2=S)c1OC. The largest absolute Gasteiger partial charge is 0.492 e. The van der Waals surface area contributed by atoms with Gasteiger partial charge in [-0.3, -0.25) is 19.4 Å². The lowest BCUT2D eigenvalue weighted by molar-refractivity contribution is 0.0842. The summed E-state index contributed by atoms with van der Waals surface area (Å²) in [7, 11) is 2.88. The summed E-state index contributed by atoms with van der Waals surface area (Å²) >= 11 is 13.4. The first-order valence-electron chi connectivity index (χ1n) is 7.71. The van der Waals surface area contributed by atoms with Crippen LogP contribution in [0, 0.1) is 0 Å². The Kier molecular flexibility index (Phi) is 6.06. The van der Waals surface area contributed by atoms with Gasteiger partial charge in [-0.2, -0.15) is 0 Å². The zero-order valence-corrected chi connectivity index (χ0v) is 17.4. The Hall–Kier alpha value is -1.36. The minimum Gasteiger partial charge on any atom is -0.492 e. The molecule has 138 valence electrons. The summed E-state index contributed by atoms with van der Waals surface area (Å²) in [5.74, 6) is 1.46. The lowest BCUT2D eigenvalue weighted by atomic mass is 10.1. The first kappa shape index (κ1) is 19.4. The van der Waals surface area contributed by atoms with Crippen molar-refractivity contribution in [3.63, 3.8) is 0 Å². The number of methoxy groups -OCH3 is 2. The molecule has 2 fully saturated rings. The maximum atomic E-state index is 12.9. The average molecular weight is 429 g/mol. The number of ether oxygens (including phenoxy) is 2. The van der Waals surface area contributed by atoms with Crippen LogP contribution in [-0.4, -0.2) is 69.1 Å². The van der Waals surface area contributed by atoms with Gasteiger partial charge >= 0.3 is 0 Å². The third-order valence-electron chi connectivity index (χ3n) is 3.99. The molecule has 2 amide bonds. The van der Waals surface area contributed by atoms with Gasteiger partial charge in [0.2, 0.25) is 0 Å². The maximum absolute atomic E-state index is 12.9. The predicted octanol–water partition coefficient (Wildman–Crippen LogP) is 2.65.